The molecular formula is C23H27N3O4S. The third-order valence-corrected chi connectivity index (χ3v) is 7.41. The van der Waals surface area contributed by atoms with Crippen LogP contribution in [0.3, 0.4) is 0 Å². The van der Waals surface area contributed by atoms with Gasteiger partial charge in [0.25, 0.3) is 0 Å². The van der Waals surface area contributed by atoms with Crippen LogP contribution in [0.4, 0.5) is 0 Å². The number of nitrogens with one attached hydrogen (secondary N) is 1. The van der Waals surface area contributed by atoms with Crippen LogP contribution in [0.15, 0.2) is 41.7 Å². The summed E-state index contributed by atoms with van der Waals surface area (Å²) in [5, 5.41) is 0.460. The van der Waals surface area contributed by atoms with Crippen molar-refractivity contribution in [1.82, 2.24) is 15.0 Å². The molecule has 31 heavy (non-hydrogen) atoms. The monoisotopic (exact) mass is 441 g/mol. The normalized spacial score (nSPS) is 20.1. The summed E-state index contributed by atoms with van der Waals surface area (Å²) in [6.07, 6.45) is 4.74. The molecule has 164 valence electrons. The van der Waals surface area contributed by atoms with Gasteiger partial charge >= 0.3 is 0 Å². The molecule has 1 saturated heterocycles. The molecule has 2 aromatic heterocycles. The first kappa shape index (κ1) is 20.6. The molecule has 0 bridgehead atoms. The standard InChI is InChI=1S/C23H27N3O4S/c1-16-19(13-31(27)21-25-17-5-3-4-6-18(17)26-21)24-11-7-20(16)28-12-10-22(2)29-14-23(8-9-23)15-30-22/h3-7,11H,8-10,12-15H2,1-2H3,(H,25,26). The quantitative estimate of drug-likeness (QED) is 0.599. The molecule has 0 radical (unpaired) electrons. The number of imidazole rings is 1. The lowest BCUT2D eigenvalue weighted by molar-refractivity contribution is -0.283. The first-order chi connectivity index (χ1) is 15.0. The van der Waals surface area contributed by atoms with E-state index in [1.807, 2.05) is 44.2 Å². The van der Waals surface area contributed by atoms with Gasteiger partial charge < -0.3 is 19.2 Å². The second-order valence-corrected chi connectivity index (χ2v) is 10.1. The van der Waals surface area contributed by atoms with Gasteiger partial charge in [-0.3, -0.25) is 9.19 Å². The summed E-state index contributed by atoms with van der Waals surface area (Å²) in [5.74, 6) is 0.416. The molecule has 0 amide bonds. The van der Waals surface area contributed by atoms with Gasteiger partial charge in [0.2, 0.25) is 0 Å². The smallest absolute Gasteiger partial charge is 0.197 e. The van der Waals surface area contributed by atoms with Crippen molar-refractivity contribution in [3.8, 4) is 5.75 Å². The lowest BCUT2D eigenvalue weighted by atomic mass is 10.1. The summed E-state index contributed by atoms with van der Waals surface area (Å²) in [5.41, 5.74) is 3.59. The number of hydrogen-bond donors (Lipinski definition) is 1. The number of rotatable bonds is 7. The minimum Gasteiger partial charge on any atom is -0.493 e. The molecule has 1 N–H and O–H groups in total. The van der Waals surface area contributed by atoms with Crippen LogP contribution in [-0.2, 0) is 26.0 Å². The molecule has 1 spiro atoms. The summed E-state index contributed by atoms with van der Waals surface area (Å²) < 4.78 is 30.9. The number of ether oxygens (including phenoxy) is 3. The Hall–Kier alpha value is -2.29. The Morgan fingerprint density at radius 2 is 1.97 bits per heavy atom. The van der Waals surface area contributed by atoms with E-state index in [0.29, 0.717) is 18.2 Å². The Kier molecular flexibility index (Phi) is 5.32. The molecule has 1 saturated carbocycles. The number of fused-ring (bicyclic) bond motifs is 1. The van der Waals surface area contributed by atoms with Gasteiger partial charge in [-0.15, -0.1) is 0 Å². The molecule has 1 unspecified atom stereocenters. The highest BCUT2D eigenvalue weighted by molar-refractivity contribution is 7.84. The maximum Gasteiger partial charge on any atom is 0.197 e. The predicted molar refractivity (Wildman–Crippen MR) is 117 cm³/mol. The number of pyridine rings is 1. The van der Waals surface area contributed by atoms with Crippen LogP contribution in [-0.4, -0.2) is 44.8 Å². The molecule has 2 aliphatic rings. The number of hydrogen-bond acceptors (Lipinski definition) is 6. The molecular weight excluding hydrogens is 414 g/mol. The molecule has 3 heterocycles. The van der Waals surface area contributed by atoms with Crippen molar-refractivity contribution >= 4 is 21.8 Å². The largest absolute Gasteiger partial charge is 0.493 e. The average molecular weight is 442 g/mol. The van der Waals surface area contributed by atoms with E-state index in [2.05, 4.69) is 15.0 Å². The molecule has 8 heteroatoms. The summed E-state index contributed by atoms with van der Waals surface area (Å²) in [6.45, 7) is 5.94. The van der Waals surface area contributed by atoms with Gasteiger partial charge in [-0.2, -0.15) is 0 Å². The summed E-state index contributed by atoms with van der Waals surface area (Å²) in [4.78, 5) is 12.0. The van der Waals surface area contributed by atoms with Crippen molar-refractivity contribution in [3.05, 3.63) is 47.8 Å². The van der Waals surface area contributed by atoms with Crippen LogP contribution in [0.25, 0.3) is 11.0 Å². The third kappa shape index (κ3) is 4.37. The maximum absolute atomic E-state index is 12.9. The molecule has 1 atom stereocenters. The fraction of sp³-hybridized carbons (Fsp3) is 0.478. The second kappa shape index (κ2) is 8.00. The number of nitrogens with zero attached hydrogens (tertiary/aromatic N) is 2. The minimum absolute atomic E-state index is 0.273. The zero-order valence-electron chi connectivity index (χ0n) is 17.8. The molecule has 1 aliphatic heterocycles. The molecule has 5 rings (SSSR count). The summed E-state index contributed by atoms with van der Waals surface area (Å²) >= 11 is 0. The van der Waals surface area contributed by atoms with Gasteiger partial charge in [0, 0.05) is 23.6 Å². The van der Waals surface area contributed by atoms with E-state index in [9.17, 15) is 4.21 Å². The van der Waals surface area contributed by atoms with Crippen LogP contribution in [0, 0.1) is 12.3 Å². The van der Waals surface area contributed by atoms with E-state index in [-0.39, 0.29) is 11.2 Å². The van der Waals surface area contributed by atoms with Crippen molar-refractivity contribution in [3.63, 3.8) is 0 Å². The van der Waals surface area contributed by atoms with Crippen molar-refractivity contribution < 1.29 is 18.4 Å². The SMILES string of the molecule is Cc1c(OCCC2(C)OCC3(CC3)CO2)ccnc1CS(=O)c1nc2ccccc2[nH]1. The lowest BCUT2D eigenvalue weighted by Crippen LogP contribution is -2.43. The topological polar surface area (TPSA) is 86.3 Å². The summed E-state index contributed by atoms with van der Waals surface area (Å²) in [6, 6.07) is 9.50. The first-order valence-corrected chi connectivity index (χ1v) is 12.0. The average Bonchev–Trinajstić information content (AvgIpc) is 3.39. The van der Waals surface area contributed by atoms with Gasteiger partial charge in [0.05, 0.1) is 53.1 Å². The lowest BCUT2D eigenvalue weighted by Gasteiger charge is -2.38. The van der Waals surface area contributed by atoms with Gasteiger partial charge in [-0.25, -0.2) is 4.98 Å². The zero-order valence-corrected chi connectivity index (χ0v) is 18.7. The van der Waals surface area contributed by atoms with Crippen molar-refractivity contribution in [1.29, 1.82) is 0 Å². The fourth-order valence-corrected chi connectivity index (χ4v) is 4.84. The van der Waals surface area contributed by atoms with E-state index in [0.717, 1.165) is 41.3 Å². The van der Waals surface area contributed by atoms with E-state index in [1.165, 1.54) is 12.8 Å². The molecule has 3 aromatic rings. The van der Waals surface area contributed by atoms with Gasteiger partial charge in [-0.05, 0) is 44.9 Å². The Morgan fingerprint density at radius 3 is 2.71 bits per heavy atom. The highest BCUT2D eigenvalue weighted by Gasteiger charge is 2.49. The molecule has 1 aromatic carbocycles. The Bertz CT molecular complexity index is 1080. The Morgan fingerprint density at radius 1 is 1.19 bits per heavy atom. The number of aromatic amines is 1. The van der Waals surface area contributed by atoms with Crippen molar-refractivity contribution in [2.45, 2.75) is 49.8 Å². The molecule has 7 nitrogen and oxygen atoms in total. The number of H-pyrrole nitrogens is 1. The fourth-order valence-electron chi connectivity index (χ4n) is 3.74. The molecule has 1 aliphatic carbocycles. The van der Waals surface area contributed by atoms with Gasteiger partial charge in [-0.1, -0.05) is 12.1 Å². The van der Waals surface area contributed by atoms with Crippen LogP contribution in [0.1, 0.15) is 37.4 Å². The number of aromatic nitrogens is 3. The van der Waals surface area contributed by atoms with Gasteiger partial charge in [0.1, 0.15) is 5.75 Å². The Labute approximate surface area is 184 Å². The summed E-state index contributed by atoms with van der Waals surface area (Å²) in [7, 11) is -1.33. The van der Waals surface area contributed by atoms with Crippen LogP contribution in [0.5, 0.6) is 5.75 Å². The van der Waals surface area contributed by atoms with Crippen LogP contribution >= 0.6 is 0 Å². The van der Waals surface area contributed by atoms with Crippen molar-refractivity contribution in [2.24, 2.45) is 5.41 Å². The van der Waals surface area contributed by atoms with E-state index >= 15 is 0 Å². The Balaban J connectivity index is 1.21. The third-order valence-electron chi connectivity index (χ3n) is 6.25. The second-order valence-electron chi connectivity index (χ2n) is 8.74. The first-order valence-electron chi connectivity index (χ1n) is 10.6. The van der Waals surface area contributed by atoms with Crippen molar-refractivity contribution in [2.75, 3.05) is 19.8 Å². The predicted octanol–water partition coefficient (Wildman–Crippen LogP) is 3.89. The van der Waals surface area contributed by atoms with Gasteiger partial charge in [0.15, 0.2) is 10.9 Å². The maximum atomic E-state index is 12.9. The minimum atomic E-state index is -1.33. The molecule has 2 fully saturated rings. The number of para-hydroxylation sites is 2. The zero-order chi connectivity index (χ0) is 21.5. The van der Waals surface area contributed by atoms with E-state index < -0.39 is 16.6 Å². The van der Waals surface area contributed by atoms with E-state index in [1.54, 1.807) is 6.20 Å². The highest BCUT2D eigenvalue weighted by atomic mass is 32.2. The van der Waals surface area contributed by atoms with E-state index in [4.69, 9.17) is 14.2 Å². The highest BCUT2D eigenvalue weighted by Crippen LogP contribution is 2.50. The van der Waals surface area contributed by atoms with Crippen LogP contribution < -0.4 is 4.74 Å². The number of benzene rings is 1. The van der Waals surface area contributed by atoms with Crippen LogP contribution in [0.2, 0.25) is 0 Å².